The minimum atomic E-state index is -4.59. The van der Waals surface area contributed by atoms with Crippen LogP contribution in [0.3, 0.4) is 0 Å². The summed E-state index contributed by atoms with van der Waals surface area (Å²) in [5.74, 6) is -0.811. The molecule has 1 amide bonds. The van der Waals surface area contributed by atoms with Gasteiger partial charge in [0, 0.05) is 47.0 Å². The maximum absolute atomic E-state index is 13.7. The second-order valence-electron chi connectivity index (χ2n) is 8.14. The summed E-state index contributed by atoms with van der Waals surface area (Å²) in [7, 11) is 0. The lowest BCUT2D eigenvalue weighted by atomic mass is 9.86. The molecule has 0 aromatic heterocycles. The number of carbonyl (C=O) groups excluding carboxylic acids is 1. The smallest absolute Gasteiger partial charge is 0.371 e. The van der Waals surface area contributed by atoms with E-state index in [1.54, 1.807) is 9.80 Å². The fourth-order valence-electron chi connectivity index (χ4n) is 4.17. The molecule has 0 radical (unpaired) electrons. The molecule has 1 saturated heterocycles. The summed E-state index contributed by atoms with van der Waals surface area (Å²) in [5.41, 5.74) is 0.373. The SMILES string of the molecule is CC1(C)C(=O)N(CC2CN(c3cc(F)cc(C(F)(F)F)c3)C2)c2cccc(Br)c21. The Morgan fingerprint density at radius 1 is 1.17 bits per heavy atom. The Hall–Kier alpha value is -2.09. The van der Waals surface area contributed by atoms with Gasteiger partial charge in [0.05, 0.1) is 11.0 Å². The van der Waals surface area contributed by atoms with Crippen molar-refractivity contribution in [2.75, 3.05) is 29.4 Å². The van der Waals surface area contributed by atoms with Gasteiger partial charge in [-0.25, -0.2) is 4.39 Å². The van der Waals surface area contributed by atoms with Crippen LogP contribution in [0.1, 0.15) is 25.0 Å². The van der Waals surface area contributed by atoms with E-state index in [1.165, 1.54) is 0 Å². The summed E-state index contributed by atoms with van der Waals surface area (Å²) in [6, 6.07) is 8.28. The molecule has 29 heavy (non-hydrogen) atoms. The highest BCUT2D eigenvalue weighted by atomic mass is 79.9. The predicted molar refractivity (Wildman–Crippen MR) is 107 cm³/mol. The van der Waals surface area contributed by atoms with Crippen LogP contribution in [-0.4, -0.2) is 25.5 Å². The monoisotopic (exact) mass is 470 g/mol. The van der Waals surface area contributed by atoms with E-state index in [-0.39, 0.29) is 17.5 Å². The predicted octanol–water partition coefficient (Wildman–Crippen LogP) is 5.37. The first-order valence-corrected chi connectivity index (χ1v) is 10.0. The van der Waals surface area contributed by atoms with Crippen molar-refractivity contribution in [1.82, 2.24) is 0 Å². The van der Waals surface area contributed by atoms with Gasteiger partial charge in [0.2, 0.25) is 5.91 Å². The van der Waals surface area contributed by atoms with E-state index < -0.39 is 23.0 Å². The number of fused-ring (bicyclic) bond motifs is 1. The van der Waals surface area contributed by atoms with Gasteiger partial charge < -0.3 is 9.80 Å². The number of hydrogen-bond acceptors (Lipinski definition) is 2. The molecule has 3 nitrogen and oxygen atoms in total. The van der Waals surface area contributed by atoms with Gasteiger partial charge in [0.1, 0.15) is 5.82 Å². The van der Waals surface area contributed by atoms with Crippen molar-refractivity contribution in [2.24, 2.45) is 5.92 Å². The number of halogens is 5. The lowest BCUT2D eigenvalue weighted by Crippen LogP contribution is -2.53. The number of alkyl halides is 3. The zero-order valence-electron chi connectivity index (χ0n) is 15.9. The van der Waals surface area contributed by atoms with Crippen LogP contribution in [0.5, 0.6) is 0 Å². The van der Waals surface area contributed by atoms with Crippen molar-refractivity contribution in [2.45, 2.75) is 25.4 Å². The Morgan fingerprint density at radius 3 is 2.52 bits per heavy atom. The zero-order chi connectivity index (χ0) is 21.1. The minimum absolute atomic E-state index is 0.00274. The van der Waals surface area contributed by atoms with E-state index in [9.17, 15) is 22.4 Å². The summed E-state index contributed by atoms with van der Waals surface area (Å²) in [6.07, 6.45) is -4.59. The van der Waals surface area contributed by atoms with Crippen molar-refractivity contribution in [3.8, 4) is 0 Å². The first kappa shape index (κ1) is 20.2. The van der Waals surface area contributed by atoms with Crippen molar-refractivity contribution >= 4 is 33.2 Å². The number of anilines is 2. The van der Waals surface area contributed by atoms with Crippen LogP contribution < -0.4 is 9.80 Å². The average molecular weight is 471 g/mol. The third kappa shape index (κ3) is 3.41. The highest BCUT2D eigenvalue weighted by Gasteiger charge is 2.46. The summed E-state index contributed by atoms with van der Waals surface area (Å²) < 4.78 is 53.3. The Labute approximate surface area is 174 Å². The zero-order valence-corrected chi connectivity index (χ0v) is 17.4. The van der Waals surface area contributed by atoms with Crippen LogP contribution in [0.15, 0.2) is 40.9 Å². The molecular weight excluding hydrogens is 452 g/mol. The van der Waals surface area contributed by atoms with Gasteiger partial charge in [0.15, 0.2) is 0 Å². The van der Waals surface area contributed by atoms with Crippen molar-refractivity contribution in [3.05, 3.63) is 57.8 Å². The summed E-state index contributed by atoms with van der Waals surface area (Å²) in [4.78, 5) is 16.4. The summed E-state index contributed by atoms with van der Waals surface area (Å²) >= 11 is 3.53. The lowest BCUT2D eigenvalue weighted by Gasteiger charge is -2.43. The fraction of sp³-hybridized carbons (Fsp3) is 0.381. The second-order valence-corrected chi connectivity index (χ2v) is 9.00. The maximum atomic E-state index is 13.7. The van der Waals surface area contributed by atoms with E-state index in [2.05, 4.69) is 15.9 Å². The topological polar surface area (TPSA) is 23.6 Å². The van der Waals surface area contributed by atoms with E-state index in [0.29, 0.717) is 25.7 Å². The normalized spacial score (nSPS) is 18.8. The fourth-order valence-corrected chi connectivity index (χ4v) is 5.02. The van der Waals surface area contributed by atoms with Crippen molar-refractivity contribution in [1.29, 1.82) is 0 Å². The summed E-state index contributed by atoms with van der Waals surface area (Å²) in [5, 5.41) is 0. The number of nitrogens with zero attached hydrogens (tertiary/aromatic N) is 2. The van der Waals surface area contributed by atoms with Gasteiger partial charge in [-0.15, -0.1) is 0 Å². The molecule has 2 aromatic carbocycles. The maximum Gasteiger partial charge on any atom is 0.416 e. The first-order chi connectivity index (χ1) is 13.5. The largest absolute Gasteiger partial charge is 0.416 e. The molecule has 0 saturated carbocycles. The van der Waals surface area contributed by atoms with Gasteiger partial charge in [0.25, 0.3) is 0 Å². The van der Waals surface area contributed by atoms with Crippen LogP contribution in [0.25, 0.3) is 0 Å². The molecule has 4 rings (SSSR count). The molecule has 2 heterocycles. The van der Waals surface area contributed by atoms with E-state index in [1.807, 2.05) is 32.0 Å². The average Bonchev–Trinajstić information content (AvgIpc) is 2.77. The Balaban J connectivity index is 1.50. The molecule has 0 aliphatic carbocycles. The quantitative estimate of drug-likeness (QED) is 0.563. The number of benzene rings is 2. The molecule has 2 aliphatic rings. The molecule has 2 aromatic rings. The van der Waals surface area contributed by atoms with Gasteiger partial charge in [-0.1, -0.05) is 22.0 Å². The van der Waals surface area contributed by atoms with Gasteiger partial charge in [-0.2, -0.15) is 13.2 Å². The van der Waals surface area contributed by atoms with E-state index >= 15 is 0 Å². The molecule has 0 spiro atoms. The van der Waals surface area contributed by atoms with Gasteiger partial charge in [-0.05, 0) is 44.2 Å². The van der Waals surface area contributed by atoms with E-state index in [0.717, 1.165) is 27.9 Å². The number of carbonyl (C=O) groups is 1. The van der Waals surface area contributed by atoms with Crippen molar-refractivity contribution in [3.63, 3.8) is 0 Å². The highest BCUT2D eigenvalue weighted by Crippen LogP contribution is 2.46. The van der Waals surface area contributed by atoms with Crippen LogP contribution in [0.4, 0.5) is 28.9 Å². The standard InChI is InChI=1S/C21H19BrF4N2O/c1-20(2)18-16(22)4-3-5-17(18)28(19(20)29)11-12-9-27(10-12)15-7-13(21(24,25)26)6-14(23)8-15/h3-8,12H,9-11H2,1-2H3. The molecule has 8 heteroatoms. The van der Waals surface area contributed by atoms with Crippen LogP contribution in [-0.2, 0) is 16.4 Å². The summed E-state index contributed by atoms with van der Waals surface area (Å²) in [6.45, 7) is 5.18. The van der Waals surface area contributed by atoms with Crippen LogP contribution in [0, 0.1) is 11.7 Å². The minimum Gasteiger partial charge on any atom is -0.371 e. The molecule has 1 fully saturated rings. The Morgan fingerprint density at radius 2 is 1.86 bits per heavy atom. The molecule has 2 aliphatic heterocycles. The van der Waals surface area contributed by atoms with E-state index in [4.69, 9.17) is 0 Å². The lowest BCUT2D eigenvalue weighted by molar-refractivity contribution is -0.137. The molecule has 0 bridgehead atoms. The molecule has 0 unspecified atom stereocenters. The van der Waals surface area contributed by atoms with Gasteiger partial charge >= 0.3 is 6.18 Å². The number of hydrogen-bond donors (Lipinski definition) is 0. The highest BCUT2D eigenvalue weighted by molar-refractivity contribution is 9.10. The van der Waals surface area contributed by atoms with Crippen LogP contribution >= 0.6 is 15.9 Å². The van der Waals surface area contributed by atoms with Crippen molar-refractivity contribution < 1.29 is 22.4 Å². The first-order valence-electron chi connectivity index (χ1n) is 9.22. The Bertz CT molecular complexity index is 983. The molecular formula is C21H19BrF4N2O. The van der Waals surface area contributed by atoms with Crippen LogP contribution in [0.2, 0.25) is 0 Å². The number of amides is 1. The Kier molecular flexibility index (Phi) is 4.68. The molecule has 0 atom stereocenters. The molecule has 0 N–H and O–H groups in total. The second kappa shape index (κ2) is 6.72. The third-order valence-corrected chi connectivity index (χ3v) is 6.32. The molecule has 154 valence electrons. The third-order valence-electron chi connectivity index (χ3n) is 5.66. The number of rotatable bonds is 3. The van der Waals surface area contributed by atoms with Gasteiger partial charge in [-0.3, -0.25) is 4.79 Å².